The van der Waals surface area contributed by atoms with Gasteiger partial charge in [0.05, 0.1) is 0 Å². The molecule has 0 aliphatic heterocycles. The maximum Gasteiger partial charge on any atom is 0.130 e. The van der Waals surface area contributed by atoms with E-state index in [-0.39, 0.29) is 5.84 Å². The van der Waals surface area contributed by atoms with Gasteiger partial charge in [0.1, 0.15) is 17.3 Å². The topological polar surface area (TPSA) is 59.1 Å². The molecule has 19 heavy (non-hydrogen) atoms. The third-order valence-electron chi connectivity index (χ3n) is 3.18. The lowest BCUT2D eigenvalue weighted by Gasteiger charge is -2.11. The Labute approximate surface area is 113 Å². The van der Waals surface area contributed by atoms with Crippen LogP contribution in [0.3, 0.4) is 0 Å². The molecular formula is C16H18N2O. The molecule has 3 nitrogen and oxygen atoms in total. The fraction of sp³-hybridized carbons (Fsp3) is 0.188. The molecule has 0 fully saturated rings. The van der Waals surface area contributed by atoms with Gasteiger partial charge in [-0.15, -0.1) is 0 Å². The Balaban J connectivity index is 2.26. The van der Waals surface area contributed by atoms with Crippen molar-refractivity contribution in [3.8, 4) is 11.5 Å². The molecule has 0 aromatic heterocycles. The smallest absolute Gasteiger partial charge is 0.130 e. The maximum atomic E-state index is 7.35. The summed E-state index contributed by atoms with van der Waals surface area (Å²) in [5.74, 6) is 1.67. The molecule has 3 heteroatoms. The first-order valence-electron chi connectivity index (χ1n) is 6.17. The summed E-state index contributed by atoms with van der Waals surface area (Å²) in [5, 5.41) is 7.35. The van der Waals surface area contributed by atoms with Crippen LogP contribution in [0.5, 0.6) is 11.5 Å². The lowest BCUT2D eigenvalue weighted by Crippen LogP contribution is -2.10. The minimum Gasteiger partial charge on any atom is -0.457 e. The minimum atomic E-state index is 0.0638. The van der Waals surface area contributed by atoms with Gasteiger partial charge in [-0.3, -0.25) is 5.41 Å². The molecule has 98 valence electrons. The van der Waals surface area contributed by atoms with E-state index in [4.69, 9.17) is 15.9 Å². The lowest BCUT2D eigenvalue weighted by atomic mass is 10.1. The highest BCUT2D eigenvalue weighted by Gasteiger charge is 2.05. The normalized spacial score (nSPS) is 10.3. The number of ether oxygens (including phenoxy) is 1. The van der Waals surface area contributed by atoms with Gasteiger partial charge >= 0.3 is 0 Å². The van der Waals surface area contributed by atoms with E-state index in [0.717, 1.165) is 17.1 Å². The molecule has 0 bridgehead atoms. The minimum absolute atomic E-state index is 0.0638. The van der Waals surface area contributed by atoms with Gasteiger partial charge in [-0.25, -0.2) is 0 Å². The SMILES string of the molecule is Cc1cc(C)c(Oc2ccc(C(=N)N)cc2)cc1C. The molecule has 0 unspecified atom stereocenters. The second kappa shape index (κ2) is 5.14. The Morgan fingerprint density at radius 1 is 0.947 bits per heavy atom. The number of rotatable bonds is 3. The molecule has 3 N–H and O–H groups in total. The van der Waals surface area contributed by atoms with Crippen LogP contribution in [0, 0.1) is 26.2 Å². The van der Waals surface area contributed by atoms with Crippen molar-refractivity contribution in [2.24, 2.45) is 5.73 Å². The highest BCUT2D eigenvalue weighted by atomic mass is 16.5. The van der Waals surface area contributed by atoms with Gasteiger partial charge in [0.25, 0.3) is 0 Å². The molecule has 2 aromatic rings. The highest BCUT2D eigenvalue weighted by Crippen LogP contribution is 2.27. The Kier molecular flexibility index (Phi) is 3.56. The first-order chi connectivity index (χ1) is 8.97. The van der Waals surface area contributed by atoms with Gasteiger partial charge in [-0.05, 0) is 67.8 Å². The summed E-state index contributed by atoms with van der Waals surface area (Å²) in [6, 6.07) is 11.4. The average Bonchev–Trinajstić information content (AvgIpc) is 2.36. The van der Waals surface area contributed by atoms with Crippen LogP contribution < -0.4 is 10.5 Å². The fourth-order valence-corrected chi connectivity index (χ4v) is 1.87. The van der Waals surface area contributed by atoms with Crippen LogP contribution in [0.15, 0.2) is 36.4 Å². The third kappa shape index (κ3) is 2.94. The van der Waals surface area contributed by atoms with E-state index in [1.54, 1.807) is 12.1 Å². The molecule has 2 aromatic carbocycles. The first-order valence-corrected chi connectivity index (χ1v) is 6.17. The van der Waals surface area contributed by atoms with Crippen LogP contribution in [0.2, 0.25) is 0 Å². The second-order valence-electron chi connectivity index (χ2n) is 4.74. The van der Waals surface area contributed by atoms with Crippen molar-refractivity contribution in [2.75, 3.05) is 0 Å². The van der Waals surface area contributed by atoms with Crippen molar-refractivity contribution in [3.05, 3.63) is 58.7 Å². The zero-order valence-corrected chi connectivity index (χ0v) is 11.4. The van der Waals surface area contributed by atoms with Gasteiger partial charge < -0.3 is 10.5 Å². The largest absolute Gasteiger partial charge is 0.457 e. The number of nitrogen functional groups attached to an aromatic ring is 1. The van der Waals surface area contributed by atoms with Crippen molar-refractivity contribution in [1.29, 1.82) is 5.41 Å². The number of hydrogen-bond donors (Lipinski definition) is 2. The average molecular weight is 254 g/mol. The molecule has 0 aliphatic rings. The molecular weight excluding hydrogens is 236 g/mol. The zero-order valence-electron chi connectivity index (χ0n) is 11.4. The molecule has 2 rings (SSSR count). The van der Waals surface area contributed by atoms with Crippen molar-refractivity contribution >= 4 is 5.84 Å². The Hall–Kier alpha value is -2.29. The quantitative estimate of drug-likeness (QED) is 0.648. The Bertz CT molecular complexity index is 615. The van der Waals surface area contributed by atoms with Crippen LogP contribution in [0.4, 0.5) is 0 Å². The van der Waals surface area contributed by atoms with E-state index in [1.165, 1.54) is 11.1 Å². The zero-order chi connectivity index (χ0) is 14.0. The Morgan fingerprint density at radius 3 is 2.11 bits per heavy atom. The van der Waals surface area contributed by atoms with Gasteiger partial charge in [-0.2, -0.15) is 0 Å². The molecule has 0 heterocycles. The van der Waals surface area contributed by atoms with Gasteiger partial charge in [-0.1, -0.05) is 6.07 Å². The van der Waals surface area contributed by atoms with Crippen LogP contribution in [0.25, 0.3) is 0 Å². The molecule has 0 radical (unpaired) electrons. The summed E-state index contributed by atoms with van der Waals surface area (Å²) in [6.45, 7) is 6.19. The number of nitrogens with one attached hydrogen (secondary N) is 1. The maximum absolute atomic E-state index is 7.35. The van der Waals surface area contributed by atoms with Crippen LogP contribution in [-0.4, -0.2) is 5.84 Å². The van der Waals surface area contributed by atoms with E-state index in [9.17, 15) is 0 Å². The van der Waals surface area contributed by atoms with E-state index in [2.05, 4.69) is 19.9 Å². The third-order valence-corrected chi connectivity index (χ3v) is 3.18. The van der Waals surface area contributed by atoms with Crippen molar-refractivity contribution in [3.63, 3.8) is 0 Å². The Morgan fingerprint density at radius 2 is 1.53 bits per heavy atom. The number of aryl methyl sites for hydroxylation is 3. The number of hydrogen-bond acceptors (Lipinski definition) is 2. The molecule has 0 saturated carbocycles. The van der Waals surface area contributed by atoms with Gasteiger partial charge in [0.2, 0.25) is 0 Å². The van der Waals surface area contributed by atoms with E-state index >= 15 is 0 Å². The van der Waals surface area contributed by atoms with E-state index in [0.29, 0.717) is 5.56 Å². The summed E-state index contributed by atoms with van der Waals surface area (Å²) >= 11 is 0. The predicted octanol–water partition coefficient (Wildman–Crippen LogP) is 3.69. The summed E-state index contributed by atoms with van der Waals surface area (Å²) in [6.07, 6.45) is 0. The summed E-state index contributed by atoms with van der Waals surface area (Å²) in [5.41, 5.74) is 9.70. The molecule has 0 amide bonds. The number of amidine groups is 1. The standard InChI is InChI=1S/C16H18N2O/c1-10-8-12(3)15(9-11(10)2)19-14-6-4-13(5-7-14)16(17)18/h4-9H,1-3H3,(H3,17,18). The fourth-order valence-electron chi connectivity index (χ4n) is 1.87. The molecule has 0 spiro atoms. The van der Waals surface area contributed by atoms with E-state index in [1.807, 2.05) is 25.1 Å². The molecule has 0 saturated heterocycles. The summed E-state index contributed by atoms with van der Waals surface area (Å²) in [7, 11) is 0. The van der Waals surface area contributed by atoms with Crippen LogP contribution >= 0.6 is 0 Å². The molecule has 0 aliphatic carbocycles. The van der Waals surface area contributed by atoms with Crippen molar-refractivity contribution in [2.45, 2.75) is 20.8 Å². The predicted molar refractivity (Wildman–Crippen MR) is 78.2 cm³/mol. The monoisotopic (exact) mass is 254 g/mol. The summed E-state index contributed by atoms with van der Waals surface area (Å²) in [4.78, 5) is 0. The highest BCUT2D eigenvalue weighted by molar-refractivity contribution is 5.94. The van der Waals surface area contributed by atoms with Crippen molar-refractivity contribution in [1.82, 2.24) is 0 Å². The van der Waals surface area contributed by atoms with Crippen LogP contribution in [0.1, 0.15) is 22.3 Å². The van der Waals surface area contributed by atoms with Gasteiger partial charge in [0, 0.05) is 5.56 Å². The van der Waals surface area contributed by atoms with Gasteiger partial charge in [0.15, 0.2) is 0 Å². The van der Waals surface area contributed by atoms with Crippen LogP contribution in [-0.2, 0) is 0 Å². The number of benzene rings is 2. The summed E-state index contributed by atoms with van der Waals surface area (Å²) < 4.78 is 5.87. The number of nitrogens with two attached hydrogens (primary N) is 1. The molecule has 0 atom stereocenters. The second-order valence-corrected chi connectivity index (χ2v) is 4.74. The first kappa shape index (κ1) is 13.1. The van der Waals surface area contributed by atoms with Crippen molar-refractivity contribution < 1.29 is 4.74 Å². The van der Waals surface area contributed by atoms with E-state index < -0.39 is 0 Å². The lowest BCUT2D eigenvalue weighted by molar-refractivity contribution is 0.478.